The van der Waals surface area contributed by atoms with Crippen molar-refractivity contribution in [2.75, 3.05) is 33.8 Å². The average Bonchev–Trinajstić information content (AvgIpc) is 2.51. The van der Waals surface area contributed by atoms with Crippen molar-refractivity contribution in [3.8, 4) is 5.75 Å². The van der Waals surface area contributed by atoms with E-state index >= 15 is 0 Å². The van der Waals surface area contributed by atoms with E-state index < -0.39 is 0 Å². The topological polar surface area (TPSA) is 71.9 Å². The number of quaternary nitrogens is 1. The van der Waals surface area contributed by atoms with Crippen LogP contribution in [0.4, 0.5) is 0 Å². The fraction of sp³-hybridized carbons (Fsp3) is 0.529. The highest BCUT2D eigenvalue weighted by Crippen LogP contribution is 2.18. The number of methoxy groups -OCH3 is 1. The van der Waals surface area contributed by atoms with Crippen LogP contribution in [0.1, 0.15) is 24.5 Å². The minimum atomic E-state index is -0.154. The molecule has 1 aromatic carbocycles. The molecule has 0 heterocycles. The van der Waals surface area contributed by atoms with Gasteiger partial charge in [0.15, 0.2) is 6.54 Å². The zero-order valence-electron chi connectivity index (χ0n) is 14.5. The van der Waals surface area contributed by atoms with Crippen molar-refractivity contribution in [1.29, 1.82) is 0 Å². The van der Waals surface area contributed by atoms with Gasteiger partial charge in [0.2, 0.25) is 5.91 Å². The van der Waals surface area contributed by atoms with E-state index in [-0.39, 0.29) is 18.4 Å². The Kier molecular flexibility index (Phi) is 8.11. The second-order valence-corrected chi connectivity index (χ2v) is 5.75. The van der Waals surface area contributed by atoms with E-state index in [1.54, 1.807) is 7.11 Å². The number of carbonyl (C=O) groups is 2. The van der Waals surface area contributed by atoms with Crippen LogP contribution in [0.25, 0.3) is 0 Å². The van der Waals surface area contributed by atoms with Crippen LogP contribution in [0.2, 0.25) is 0 Å². The number of aryl methyl sites for hydroxylation is 1. The lowest BCUT2D eigenvalue weighted by molar-refractivity contribution is -0.885. The second kappa shape index (κ2) is 9.84. The summed E-state index contributed by atoms with van der Waals surface area (Å²) < 4.78 is 5.36. The van der Waals surface area contributed by atoms with Crippen molar-refractivity contribution in [2.45, 2.75) is 26.8 Å². The molecule has 0 bridgehead atoms. The molecule has 0 aromatic heterocycles. The van der Waals surface area contributed by atoms with E-state index in [0.29, 0.717) is 19.6 Å². The van der Waals surface area contributed by atoms with Gasteiger partial charge in [0, 0.05) is 12.1 Å². The lowest BCUT2D eigenvalue weighted by Crippen LogP contribution is -3.08. The molecule has 128 valence electrons. The number of rotatable bonds is 9. The zero-order valence-corrected chi connectivity index (χ0v) is 14.5. The predicted molar refractivity (Wildman–Crippen MR) is 89.5 cm³/mol. The Morgan fingerprint density at radius 3 is 2.61 bits per heavy atom. The first-order chi connectivity index (χ1) is 11.0. The molecule has 0 spiro atoms. The fourth-order valence-corrected chi connectivity index (χ4v) is 2.28. The number of hydrogen-bond acceptors (Lipinski definition) is 3. The quantitative estimate of drug-likeness (QED) is 0.582. The summed E-state index contributed by atoms with van der Waals surface area (Å²) in [5, 5.41) is 5.37. The lowest BCUT2D eigenvalue weighted by atomic mass is 10.1. The van der Waals surface area contributed by atoms with Crippen molar-refractivity contribution in [3.05, 3.63) is 29.3 Å². The Morgan fingerprint density at radius 2 is 1.96 bits per heavy atom. The van der Waals surface area contributed by atoms with Gasteiger partial charge in [-0.2, -0.15) is 0 Å². The molecule has 1 aromatic rings. The molecule has 0 saturated heterocycles. The van der Waals surface area contributed by atoms with Crippen molar-refractivity contribution in [3.63, 3.8) is 0 Å². The maximum absolute atomic E-state index is 11.9. The van der Waals surface area contributed by atoms with Gasteiger partial charge < -0.3 is 20.3 Å². The van der Waals surface area contributed by atoms with E-state index in [0.717, 1.165) is 28.2 Å². The molecular formula is C17H28N3O3+. The van der Waals surface area contributed by atoms with Crippen LogP contribution in [-0.4, -0.2) is 45.6 Å². The molecule has 6 heteroatoms. The monoisotopic (exact) mass is 322 g/mol. The lowest BCUT2D eigenvalue weighted by Gasteiger charge is -2.16. The smallest absolute Gasteiger partial charge is 0.275 e. The SMILES string of the molecule is CCCNC(=O)CNC(=O)C[NH+](C)Cc1cc(C)ccc1OC. The van der Waals surface area contributed by atoms with Crippen LogP contribution in [0.5, 0.6) is 5.75 Å². The molecule has 0 aliphatic rings. The van der Waals surface area contributed by atoms with Crippen LogP contribution < -0.4 is 20.3 Å². The molecule has 0 aliphatic carbocycles. The van der Waals surface area contributed by atoms with Gasteiger partial charge in [-0.25, -0.2) is 0 Å². The molecule has 1 rings (SSSR count). The number of amides is 2. The summed E-state index contributed by atoms with van der Waals surface area (Å²) in [4.78, 5) is 24.4. The molecule has 1 atom stereocenters. The third kappa shape index (κ3) is 7.15. The highest BCUT2D eigenvalue weighted by atomic mass is 16.5. The Balaban J connectivity index is 2.44. The van der Waals surface area contributed by atoms with Gasteiger partial charge in [-0.1, -0.05) is 18.6 Å². The average molecular weight is 322 g/mol. The summed E-state index contributed by atoms with van der Waals surface area (Å²) in [5.74, 6) is 0.535. The summed E-state index contributed by atoms with van der Waals surface area (Å²) in [6.45, 7) is 5.65. The van der Waals surface area contributed by atoms with Crippen molar-refractivity contribution < 1.29 is 19.2 Å². The van der Waals surface area contributed by atoms with E-state index in [1.807, 2.05) is 33.0 Å². The number of nitrogens with one attached hydrogen (secondary N) is 3. The third-order valence-electron chi connectivity index (χ3n) is 3.41. The maximum Gasteiger partial charge on any atom is 0.275 e. The van der Waals surface area contributed by atoms with Gasteiger partial charge in [0.25, 0.3) is 5.91 Å². The van der Waals surface area contributed by atoms with Crippen molar-refractivity contribution >= 4 is 11.8 Å². The Hall–Kier alpha value is -2.08. The number of likely N-dealkylation sites (N-methyl/N-ethyl adjacent to an activating group) is 1. The normalized spacial score (nSPS) is 11.7. The molecule has 0 aliphatic heterocycles. The molecule has 6 nitrogen and oxygen atoms in total. The summed E-state index contributed by atoms with van der Waals surface area (Å²) in [6.07, 6.45) is 0.880. The largest absolute Gasteiger partial charge is 0.496 e. The minimum absolute atomic E-state index is 0.0277. The van der Waals surface area contributed by atoms with Gasteiger partial charge in [-0.15, -0.1) is 0 Å². The van der Waals surface area contributed by atoms with Gasteiger partial charge in [0.1, 0.15) is 12.3 Å². The molecule has 0 radical (unpaired) electrons. The van der Waals surface area contributed by atoms with E-state index in [9.17, 15) is 9.59 Å². The minimum Gasteiger partial charge on any atom is -0.496 e. The van der Waals surface area contributed by atoms with Crippen LogP contribution in [-0.2, 0) is 16.1 Å². The van der Waals surface area contributed by atoms with Gasteiger partial charge in [-0.3, -0.25) is 9.59 Å². The highest BCUT2D eigenvalue weighted by molar-refractivity contribution is 5.84. The first-order valence-corrected chi connectivity index (χ1v) is 7.94. The molecule has 23 heavy (non-hydrogen) atoms. The molecule has 2 amide bonds. The van der Waals surface area contributed by atoms with Gasteiger partial charge in [0.05, 0.1) is 20.7 Å². The van der Waals surface area contributed by atoms with E-state index in [2.05, 4.69) is 16.7 Å². The molecule has 1 unspecified atom stereocenters. The number of hydrogen-bond donors (Lipinski definition) is 3. The second-order valence-electron chi connectivity index (χ2n) is 5.75. The number of carbonyl (C=O) groups excluding carboxylic acids is 2. The summed E-state index contributed by atoms with van der Waals surface area (Å²) in [7, 11) is 3.59. The Bertz CT molecular complexity index is 532. The Labute approximate surface area is 138 Å². The third-order valence-corrected chi connectivity index (χ3v) is 3.41. The van der Waals surface area contributed by atoms with Gasteiger partial charge in [-0.05, 0) is 25.5 Å². The summed E-state index contributed by atoms with van der Waals surface area (Å²) >= 11 is 0. The molecular weight excluding hydrogens is 294 g/mol. The maximum atomic E-state index is 11.9. The predicted octanol–water partition coefficient (Wildman–Crippen LogP) is -0.339. The highest BCUT2D eigenvalue weighted by Gasteiger charge is 2.14. The first-order valence-electron chi connectivity index (χ1n) is 7.94. The molecule has 0 fully saturated rings. The summed E-state index contributed by atoms with van der Waals surface area (Å²) in [5.41, 5.74) is 2.23. The standard InChI is InChI=1S/C17H27N3O3/c1-5-8-18-16(21)10-19-17(22)12-20(3)11-14-9-13(2)6-7-15(14)23-4/h6-7,9H,5,8,10-12H2,1-4H3,(H,18,21)(H,19,22)/p+1. The van der Waals surface area contributed by atoms with E-state index in [4.69, 9.17) is 4.74 Å². The van der Waals surface area contributed by atoms with Crippen LogP contribution in [0, 0.1) is 6.92 Å². The van der Waals surface area contributed by atoms with E-state index in [1.165, 1.54) is 0 Å². The zero-order chi connectivity index (χ0) is 17.2. The van der Waals surface area contributed by atoms with Crippen LogP contribution >= 0.6 is 0 Å². The van der Waals surface area contributed by atoms with Crippen LogP contribution in [0.15, 0.2) is 18.2 Å². The fourth-order valence-electron chi connectivity index (χ4n) is 2.28. The molecule has 0 saturated carbocycles. The molecule has 3 N–H and O–H groups in total. The Morgan fingerprint density at radius 1 is 1.22 bits per heavy atom. The number of benzene rings is 1. The van der Waals surface area contributed by atoms with Crippen molar-refractivity contribution in [2.24, 2.45) is 0 Å². The van der Waals surface area contributed by atoms with Crippen molar-refractivity contribution in [1.82, 2.24) is 10.6 Å². The summed E-state index contributed by atoms with van der Waals surface area (Å²) in [6, 6.07) is 6.01. The number of ether oxygens (including phenoxy) is 1. The first kappa shape index (κ1) is 19.0. The van der Waals surface area contributed by atoms with Crippen LogP contribution in [0.3, 0.4) is 0 Å². The van der Waals surface area contributed by atoms with Gasteiger partial charge >= 0.3 is 0 Å².